The summed E-state index contributed by atoms with van der Waals surface area (Å²) < 4.78 is 26.6. The minimum Gasteiger partial charge on any atom is -0.456 e. The van der Waals surface area contributed by atoms with Gasteiger partial charge in [-0.2, -0.15) is 0 Å². The van der Waals surface area contributed by atoms with Crippen LogP contribution in [0.5, 0.6) is 23.0 Å². The van der Waals surface area contributed by atoms with Crippen molar-refractivity contribution in [1.82, 2.24) is 0 Å². The van der Waals surface area contributed by atoms with Crippen molar-refractivity contribution in [3.05, 3.63) is 142 Å². The summed E-state index contributed by atoms with van der Waals surface area (Å²) in [4.78, 5) is 31.9. The van der Waals surface area contributed by atoms with Crippen LogP contribution in [0.25, 0.3) is 0 Å². The molecule has 2 spiro atoms. The van der Waals surface area contributed by atoms with E-state index in [-0.39, 0.29) is 0 Å². The van der Waals surface area contributed by atoms with Crippen LogP contribution in [-0.2, 0) is 20.7 Å². The van der Waals surface area contributed by atoms with Gasteiger partial charge in [0.1, 0.15) is 23.0 Å². The molecule has 0 unspecified atom stereocenters. The Morgan fingerprint density at radius 2 is 0.860 bits per heavy atom. The first-order valence-electron chi connectivity index (χ1n) is 17.4. The van der Waals surface area contributed by atoms with E-state index < -0.39 is 23.1 Å². The highest BCUT2D eigenvalue weighted by atomic mass is 16.6. The molecule has 8 nitrogen and oxygen atoms in total. The molecule has 5 aromatic carbocycles. The van der Waals surface area contributed by atoms with Crippen LogP contribution in [0.4, 0.5) is 11.4 Å². The predicted molar refractivity (Wildman–Crippen MR) is 190 cm³/mol. The number of nitrogens with zero attached hydrogens (tertiary/aromatic N) is 2. The largest absolute Gasteiger partial charge is 0.456 e. The van der Waals surface area contributed by atoms with Gasteiger partial charge in [0.05, 0.1) is 11.1 Å². The summed E-state index contributed by atoms with van der Waals surface area (Å²) in [5.74, 6) is 1.35. The lowest BCUT2D eigenvalue weighted by Crippen LogP contribution is -2.37. The summed E-state index contributed by atoms with van der Waals surface area (Å²) >= 11 is 0. The van der Waals surface area contributed by atoms with Gasteiger partial charge < -0.3 is 28.7 Å². The fourth-order valence-electron chi connectivity index (χ4n) is 8.39. The van der Waals surface area contributed by atoms with Crippen LogP contribution in [0, 0.1) is 0 Å². The van der Waals surface area contributed by atoms with Crippen LogP contribution in [-0.4, -0.2) is 38.1 Å². The zero-order chi connectivity index (χ0) is 34.4. The number of fused-ring (bicyclic) bond motifs is 12. The van der Waals surface area contributed by atoms with Gasteiger partial charge in [0, 0.05) is 89.1 Å². The molecule has 0 saturated heterocycles. The monoisotopic (exact) mass is 664 g/mol. The Morgan fingerprint density at radius 3 is 1.28 bits per heavy atom. The third-order valence-electron chi connectivity index (χ3n) is 10.8. The van der Waals surface area contributed by atoms with Crippen LogP contribution < -0.4 is 19.3 Å². The number of hydrogen-bond donors (Lipinski definition) is 0. The topological polar surface area (TPSA) is 77.5 Å². The predicted octanol–water partition coefficient (Wildman–Crippen LogP) is 8.52. The summed E-state index contributed by atoms with van der Waals surface area (Å²) in [5.41, 5.74) is 4.52. The molecule has 0 aliphatic carbocycles. The van der Waals surface area contributed by atoms with Crippen molar-refractivity contribution in [2.75, 3.05) is 36.0 Å². The van der Waals surface area contributed by atoms with E-state index in [1.165, 1.54) is 0 Å². The standard InChI is InChI=1S/C42H36N2O6/c1-5-43(6-2)25-17-19-31-35(21-25)47-37-24-38-34(23-33(37)41(31)29-15-11-9-13-27(29)39(45)49-41)42(30-16-12-10-14-28(30)40(46)50-42)32-20-18-26(22-36(32)48-38)44(7-3)8-4/h9-24H,5-8H2,1-4H3/t41-,42-/m1/s1. The Kier molecular flexibility index (Phi) is 6.59. The normalized spacial score (nSPS) is 20.0. The third-order valence-corrected chi connectivity index (χ3v) is 10.8. The van der Waals surface area contributed by atoms with Crippen molar-refractivity contribution >= 4 is 23.3 Å². The van der Waals surface area contributed by atoms with Gasteiger partial charge in [-0.1, -0.05) is 36.4 Å². The van der Waals surface area contributed by atoms with Gasteiger partial charge in [-0.15, -0.1) is 0 Å². The fourth-order valence-corrected chi connectivity index (χ4v) is 8.39. The number of hydrogen-bond acceptors (Lipinski definition) is 8. The molecule has 0 aromatic heterocycles. The van der Waals surface area contributed by atoms with Crippen molar-refractivity contribution in [1.29, 1.82) is 0 Å². The average molecular weight is 665 g/mol. The lowest BCUT2D eigenvalue weighted by Gasteiger charge is -2.41. The molecule has 4 heterocycles. The van der Waals surface area contributed by atoms with Gasteiger partial charge in [0.2, 0.25) is 0 Å². The molecule has 0 bridgehead atoms. The number of carbonyl (C=O) groups is 2. The number of ether oxygens (including phenoxy) is 4. The molecule has 9 rings (SSSR count). The smallest absolute Gasteiger partial charge is 0.340 e. The Morgan fingerprint density at radius 1 is 0.460 bits per heavy atom. The fraction of sp³-hybridized carbons (Fsp3) is 0.238. The van der Waals surface area contributed by atoms with Crippen LogP contribution in [0.1, 0.15) is 81.8 Å². The number of anilines is 2. The first kappa shape index (κ1) is 30.3. The van der Waals surface area contributed by atoms with E-state index in [2.05, 4.69) is 49.6 Å². The Hall–Kier alpha value is -5.76. The third kappa shape index (κ3) is 3.87. The van der Waals surface area contributed by atoms with Crippen molar-refractivity contribution < 1.29 is 28.5 Å². The lowest BCUT2D eigenvalue weighted by molar-refractivity contribution is 0.0208. The second-order valence-corrected chi connectivity index (χ2v) is 13.0. The Balaban J connectivity index is 1.33. The van der Waals surface area contributed by atoms with Crippen LogP contribution in [0.3, 0.4) is 0 Å². The molecule has 0 fully saturated rings. The number of esters is 2. The summed E-state index contributed by atoms with van der Waals surface area (Å²) in [6.45, 7) is 11.8. The molecule has 4 aliphatic rings. The molecule has 4 aliphatic heterocycles. The molecule has 8 heteroatoms. The first-order chi connectivity index (χ1) is 24.4. The first-order valence-corrected chi connectivity index (χ1v) is 17.4. The minimum absolute atomic E-state index is 0.414. The average Bonchev–Trinajstić information content (AvgIpc) is 3.60. The highest BCUT2D eigenvalue weighted by molar-refractivity contribution is 5.98. The maximum absolute atomic E-state index is 13.7. The zero-order valence-corrected chi connectivity index (χ0v) is 28.4. The molecule has 5 aromatic rings. The number of carbonyl (C=O) groups excluding carboxylic acids is 2. The van der Waals surface area contributed by atoms with Crippen molar-refractivity contribution in [2.45, 2.75) is 38.9 Å². The minimum atomic E-state index is -1.32. The van der Waals surface area contributed by atoms with Gasteiger partial charge in [-0.05, 0) is 70.2 Å². The summed E-state index contributed by atoms with van der Waals surface area (Å²) in [6.07, 6.45) is 0. The van der Waals surface area contributed by atoms with Crippen molar-refractivity contribution in [3.8, 4) is 23.0 Å². The molecule has 0 radical (unpaired) electrons. The van der Waals surface area contributed by atoms with Gasteiger partial charge in [0.15, 0.2) is 11.2 Å². The van der Waals surface area contributed by atoms with Gasteiger partial charge >= 0.3 is 11.9 Å². The highest BCUT2D eigenvalue weighted by Gasteiger charge is 2.58. The van der Waals surface area contributed by atoms with Crippen LogP contribution in [0.2, 0.25) is 0 Å². The maximum Gasteiger partial charge on any atom is 0.340 e. The van der Waals surface area contributed by atoms with Crippen molar-refractivity contribution in [2.24, 2.45) is 0 Å². The van der Waals surface area contributed by atoms with Gasteiger partial charge in [0.25, 0.3) is 0 Å². The summed E-state index contributed by atoms with van der Waals surface area (Å²) in [7, 11) is 0. The second kappa shape index (κ2) is 10.9. The highest BCUT2D eigenvalue weighted by Crippen LogP contribution is 2.62. The summed E-state index contributed by atoms with van der Waals surface area (Å²) in [6, 6.07) is 31.0. The molecular weight excluding hydrogens is 628 g/mol. The molecule has 2 atom stereocenters. The molecule has 0 N–H and O–H groups in total. The van der Waals surface area contributed by atoms with Gasteiger partial charge in [-0.3, -0.25) is 0 Å². The van der Waals surface area contributed by atoms with Crippen LogP contribution in [0.15, 0.2) is 97.1 Å². The lowest BCUT2D eigenvalue weighted by atomic mass is 9.73. The molecule has 50 heavy (non-hydrogen) atoms. The van der Waals surface area contributed by atoms with E-state index in [0.29, 0.717) is 45.3 Å². The molecule has 0 amide bonds. The summed E-state index contributed by atoms with van der Waals surface area (Å²) in [5, 5.41) is 0. The van der Waals surface area contributed by atoms with E-state index >= 15 is 0 Å². The molecular formula is C42H36N2O6. The van der Waals surface area contributed by atoms with Crippen LogP contribution >= 0.6 is 0 Å². The van der Waals surface area contributed by atoms with E-state index in [4.69, 9.17) is 18.9 Å². The molecule has 0 saturated carbocycles. The van der Waals surface area contributed by atoms with Gasteiger partial charge in [-0.25, -0.2) is 9.59 Å². The van der Waals surface area contributed by atoms with E-state index in [1.54, 1.807) is 12.1 Å². The quantitative estimate of drug-likeness (QED) is 0.167. The zero-order valence-electron chi connectivity index (χ0n) is 28.4. The van der Waals surface area contributed by atoms with Crippen molar-refractivity contribution in [3.63, 3.8) is 0 Å². The Bertz CT molecular complexity index is 2100. The second-order valence-electron chi connectivity index (χ2n) is 13.0. The number of rotatable bonds is 6. The van der Waals surface area contributed by atoms with E-state index in [9.17, 15) is 9.59 Å². The van der Waals surface area contributed by atoms with E-state index in [1.807, 2.05) is 72.8 Å². The number of benzene rings is 5. The molecule has 250 valence electrons. The maximum atomic E-state index is 13.7. The SMILES string of the molecule is CCN(CC)c1ccc2c(c1)Oc1cc3c(cc1[C@]21OC(=O)c2ccccc21)[C@]1(OC(=O)c2ccccc21)c1ccc(N(CC)CC)cc1O3. The Labute approximate surface area is 290 Å². The van der Waals surface area contributed by atoms with E-state index in [0.717, 1.165) is 59.8 Å².